The van der Waals surface area contributed by atoms with E-state index in [-0.39, 0.29) is 29.3 Å². The Morgan fingerprint density at radius 3 is 2.67 bits per heavy atom. The van der Waals surface area contributed by atoms with Crippen LogP contribution < -0.4 is 4.74 Å². The molecule has 0 amide bonds. The molecule has 21 heavy (non-hydrogen) atoms. The Bertz CT molecular complexity index is 736. The first kappa shape index (κ1) is 14.7. The zero-order valence-electron chi connectivity index (χ0n) is 11.2. The number of rotatable bonds is 4. The molecule has 0 aromatic heterocycles. The summed E-state index contributed by atoms with van der Waals surface area (Å²) in [6, 6.07) is 9.34. The average molecular weight is 287 g/mol. The lowest BCUT2D eigenvalue weighted by molar-refractivity contribution is 0.101. The highest BCUT2D eigenvalue weighted by Crippen LogP contribution is 2.22. The van der Waals surface area contributed by atoms with E-state index < -0.39 is 11.6 Å². The molecule has 0 unspecified atom stereocenters. The Morgan fingerprint density at radius 2 is 2.00 bits per heavy atom. The molecule has 0 saturated heterocycles. The summed E-state index contributed by atoms with van der Waals surface area (Å²) in [5.74, 6) is -1.27. The van der Waals surface area contributed by atoms with Crippen molar-refractivity contribution in [3.8, 4) is 11.8 Å². The molecular formula is C16H11F2NO2. The molecule has 2 aromatic rings. The van der Waals surface area contributed by atoms with Crippen molar-refractivity contribution < 1.29 is 18.3 Å². The second-order valence-electron chi connectivity index (χ2n) is 4.41. The highest BCUT2D eigenvalue weighted by molar-refractivity contribution is 5.96. The van der Waals surface area contributed by atoms with E-state index >= 15 is 0 Å². The zero-order valence-corrected chi connectivity index (χ0v) is 11.2. The molecule has 2 rings (SSSR count). The van der Waals surface area contributed by atoms with Crippen LogP contribution in [0.5, 0.6) is 5.75 Å². The number of halogens is 2. The van der Waals surface area contributed by atoms with Crippen molar-refractivity contribution in [3.63, 3.8) is 0 Å². The number of hydrogen-bond donors (Lipinski definition) is 0. The fourth-order valence-corrected chi connectivity index (χ4v) is 1.82. The number of carbonyl (C=O) groups excluding carboxylic acids is 1. The van der Waals surface area contributed by atoms with Crippen LogP contribution in [-0.4, -0.2) is 5.78 Å². The van der Waals surface area contributed by atoms with Crippen molar-refractivity contribution in [3.05, 3.63) is 64.7 Å². The van der Waals surface area contributed by atoms with Crippen LogP contribution >= 0.6 is 0 Å². The van der Waals surface area contributed by atoms with Crippen molar-refractivity contribution in [2.75, 3.05) is 0 Å². The quantitative estimate of drug-likeness (QED) is 0.807. The van der Waals surface area contributed by atoms with Gasteiger partial charge in [-0.3, -0.25) is 4.79 Å². The van der Waals surface area contributed by atoms with E-state index in [1.165, 1.54) is 31.2 Å². The minimum Gasteiger partial charge on any atom is -0.488 e. The topological polar surface area (TPSA) is 50.1 Å². The van der Waals surface area contributed by atoms with Gasteiger partial charge in [-0.05, 0) is 36.8 Å². The number of benzene rings is 2. The number of ketones is 1. The third kappa shape index (κ3) is 3.42. The summed E-state index contributed by atoms with van der Waals surface area (Å²) in [5.41, 5.74) is 0.716. The second kappa shape index (κ2) is 6.14. The molecule has 106 valence electrons. The van der Waals surface area contributed by atoms with E-state index in [1.54, 1.807) is 6.07 Å². The fourth-order valence-electron chi connectivity index (χ4n) is 1.82. The standard InChI is InChI=1S/C16H11F2NO2/c1-10(20)14-4-3-13(17)7-16(14)21-9-11-2-5-15(18)12(6-11)8-19/h2-7H,9H2,1H3. The second-order valence-corrected chi connectivity index (χ2v) is 4.41. The van der Waals surface area contributed by atoms with Crippen molar-refractivity contribution in [2.24, 2.45) is 0 Å². The normalized spacial score (nSPS) is 10.0. The van der Waals surface area contributed by atoms with Crippen LogP contribution in [0.25, 0.3) is 0 Å². The van der Waals surface area contributed by atoms with Crippen LogP contribution in [0.15, 0.2) is 36.4 Å². The zero-order chi connectivity index (χ0) is 15.4. The number of nitrogens with zero attached hydrogens (tertiary/aromatic N) is 1. The van der Waals surface area contributed by atoms with Gasteiger partial charge in [0, 0.05) is 6.07 Å². The Morgan fingerprint density at radius 1 is 1.24 bits per heavy atom. The number of Topliss-reactive ketones (excluding diaryl/α,β-unsaturated/α-hetero) is 1. The van der Waals surface area contributed by atoms with Gasteiger partial charge in [0.1, 0.15) is 30.1 Å². The van der Waals surface area contributed by atoms with Gasteiger partial charge in [0.05, 0.1) is 11.1 Å². The summed E-state index contributed by atoms with van der Waals surface area (Å²) in [6.45, 7) is 1.35. The maximum Gasteiger partial charge on any atom is 0.163 e. The SMILES string of the molecule is CC(=O)c1ccc(F)cc1OCc1ccc(F)c(C#N)c1. The van der Waals surface area contributed by atoms with E-state index in [0.29, 0.717) is 5.56 Å². The molecule has 0 aliphatic rings. The summed E-state index contributed by atoms with van der Waals surface area (Å²) in [4.78, 5) is 11.4. The predicted molar refractivity (Wildman–Crippen MR) is 71.9 cm³/mol. The summed E-state index contributed by atoms with van der Waals surface area (Å²) in [6.07, 6.45) is 0. The van der Waals surface area contributed by atoms with Crippen LogP contribution in [0.1, 0.15) is 28.4 Å². The molecule has 0 aliphatic carbocycles. The first-order valence-electron chi connectivity index (χ1n) is 6.13. The summed E-state index contributed by atoms with van der Waals surface area (Å²) >= 11 is 0. The highest BCUT2D eigenvalue weighted by Gasteiger charge is 2.10. The van der Waals surface area contributed by atoms with Crippen molar-refractivity contribution in [1.29, 1.82) is 5.26 Å². The smallest absolute Gasteiger partial charge is 0.163 e. The maximum absolute atomic E-state index is 13.2. The molecular weight excluding hydrogens is 276 g/mol. The van der Waals surface area contributed by atoms with Gasteiger partial charge in [-0.25, -0.2) is 8.78 Å². The minimum atomic E-state index is -0.614. The van der Waals surface area contributed by atoms with Gasteiger partial charge in [-0.2, -0.15) is 5.26 Å². The predicted octanol–water partition coefficient (Wildman–Crippen LogP) is 3.62. The molecule has 0 fully saturated rings. The molecule has 0 heterocycles. The number of ether oxygens (including phenoxy) is 1. The molecule has 0 bridgehead atoms. The van der Waals surface area contributed by atoms with Crippen molar-refractivity contribution in [2.45, 2.75) is 13.5 Å². The van der Waals surface area contributed by atoms with E-state index in [9.17, 15) is 13.6 Å². The Hall–Kier alpha value is -2.74. The lowest BCUT2D eigenvalue weighted by Gasteiger charge is -2.10. The Kier molecular flexibility index (Phi) is 4.29. The first-order valence-corrected chi connectivity index (χ1v) is 6.13. The molecule has 0 N–H and O–H groups in total. The van der Waals surface area contributed by atoms with Gasteiger partial charge in [0.2, 0.25) is 0 Å². The molecule has 2 aromatic carbocycles. The summed E-state index contributed by atoms with van der Waals surface area (Å²) in [5, 5.41) is 8.76. The molecule has 0 saturated carbocycles. The van der Waals surface area contributed by atoms with Crippen LogP contribution in [-0.2, 0) is 6.61 Å². The largest absolute Gasteiger partial charge is 0.488 e. The molecule has 0 atom stereocenters. The van der Waals surface area contributed by atoms with E-state index in [1.807, 2.05) is 0 Å². The van der Waals surface area contributed by atoms with Gasteiger partial charge < -0.3 is 4.74 Å². The van der Waals surface area contributed by atoms with Crippen LogP contribution in [0, 0.1) is 23.0 Å². The van der Waals surface area contributed by atoms with Gasteiger partial charge >= 0.3 is 0 Å². The van der Waals surface area contributed by atoms with Crippen LogP contribution in [0.2, 0.25) is 0 Å². The fraction of sp³-hybridized carbons (Fsp3) is 0.125. The van der Waals surface area contributed by atoms with E-state index in [4.69, 9.17) is 10.00 Å². The summed E-state index contributed by atoms with van der Waals surface area (Å²) in [7, 11) is 0. The lowest BCUT2D eigenvalue weighted by atomic mass is 10.1. The third-order valence-corrected chi connectivity index (χ3v) is 2.87. The van der Waals surface area contributed by atoms with Crippen molar-refractivity contribution in [1.82, 2.24) is 0 Å². The number of nitriles is 1. The molecule has 0 spiro atoms. The van der Waals surface area contributed by atoms with Crippen LogP contribution in [0.3, 0.4) is 0 Å². The van der Waals surface area contributed by atoms with Gasteiger partial charge in [-0.15, -0.1) is 0 Å². The Balaban J connectivity index is 2.22. The minimum absolute atomic E-state index is 0.00130. The third-order valence-electron chi connectivity index (χ3n) is 2.87. The number of hydrogen-bond acceptors (Lipinski definition) is 3. The van der Waals surface area contributed by atoms with Gasteiger partial charge in [-0.1, -0.05) is 6.07 Å². The van der Waals surface area contributed by atoms with E-state index in [0.717, 1.165) is 12.1 Å². The molecule has 0 aliphatic heterocycles. The maximum atomic E-state index is 13.2. The highest BCUT2D eigenvalue weighted by atomic mass is 19.1. The molecule has 0 radical (unpaired) electrons. The average Bonchev–Trinajstić information content (AvgIpc) is 2.46. The van der Waals surface area contributed by atoms with E-state index in [2.05, 4.69) is 0 Å². The monoisotopic (exact) mass is 287 g/mol. The molecule has 5 heteroatoms. The van der Waals surface area contributed by atoms with Crippen molar-refractivity contribution >= 4 is 5.78 Å². The van der Waals surface area contributed by atoms with Crippen LogP contribution in [0.4, 0.5) is 8.78 Å². The van der Waals surface area contributed by atoms with Gasteiger partial charge in [0.25, 0.3) is 0 Å². The Labute approximate surface area is 120 Å². The molecule has 3 nitrogen and oxygen atoms in total. The van der Waals surface area contributed by atoms with Gasteiger partial charge in [0.15, 0.2) is 5.78 Å². The summed E-state index contributed by atoms with van der Waals surface area (Å²) < 4.78 is 31.8. The lowest BCUT2D eigenvalue weighted by Crippen LogP contribution is -2.03. The first-order chi connectivity index (χ1) is 10.0. The number of carbonyl (C=O) groups is 1.